The first-order chi connectivity index (χ1) is 13.1. The summed E-state index contributed by atoms with van der Waals surface area (Å²) >= 11 is 0. The number of carbonyl (C=O) groups is 3. The highest BCUT2D eigenvalue weighted by Gasteiger charge is 2.53. The van der Waals surface area contributed by atoms with Gasteiger partial charge >= 0.3 is 18.0 Å². The van der Waals surface area contributed by atoms with E-state index in [9.17, 15) is 28.3 Å². The van der Waals surface area contributed by atoms with E-state index in [4.69, 9.17) is 14.2 Å². The molecule has 0 aliphatic carbocycles. The smallest absolute Gasteiger partial charge is 0.405 e. The zero-order valence-electron chi connectivity index (χ0n) is 15.2. The molecule has 1 aromatic carbocycles. The number of hydrogen-bond donors (Lipinski definition) is 2. The van der Waals surface area contributed by atoms with Crippen LogP contribution in [0.4, 0.5) is 13.6 Å². The number of esters is 2. The summed E-state index contributed by atoms with van der Waals surface area (Å²) in [5, 5.41) is 11.5. The summed E-state index contributed by atoms with van der Waals surface area (Å²) in [5.41, 5.74) is -1.96. The second kappa shape index (κ2) is 7.01. The average Bonchev–Trinajstić information content (AvgIpc) is 2.95. The fourth-order valence-corrected chi connectivity index (χ4v) is 3.65. The molecule has 10 heteroatoms. The predicted octanol–water partition coefficient (Wildman–Crippen LogP) is 1.92. The molecule has 2 heterocycles. The Morgan fingerprint density at radius 2 is 1.89 bits per heavy atom. The highest BCUT2D eigenvalue weighted by molar-refractivity contribution is 5.96. The molecule has 2 fully saturated rings. The third-order valence-corrected chi connectivity index (χ3v) is 4.89. The van der Waals surface area contributed by atoms with Crippen molar-refractivity contribution < 1.29 is 42.5 Å². The lowest BCUT2D eigenvalue weighted by Crippen LogP contribution is -2.53. The monoisotopic (exact) mass is 399 g/mol. The number of cyclic esters (lactones) is 2. The van der Waals surface area contributed by atoms with Crippen LogP contribution >= 0.6 is 0 Å². The SMILES string of the molecule is CC1(C)OC(=O)C(C[C@@H]2COC[C@@]2(NC(=O)O)c2cccc(F)c2F)C(=O)O1. The van der Waals surface area contributed by atoms with Gasteiger partial charge in [-0.25, -0.2) is 13.6 Å². The lowest BCUT2D eigenvalue weighted by molar-refractivity contribution is -0.240. The molecule has 28 heavy (non-hydrogen) atoms. The molecule has 2 aliphatic heterocycles. The number of amides is 1. The van der Waals surface area contributed by atoms with Crippen LogP contribution in [0.2, 0.25) is 0 Å². The van der Waals surface area contributed by atoms with E-state index in [-0.39, 0.29) is 25.2 Å². The number of hydrogen-bond acceptors (Lipinski definition) is 6. The number of carboxylic acid groups (broad SMARTS) is 1. The molecule has 2 atom stereocenters. The lowest BCUT2D eigenvalue weighted by atomic mass is 9.75. The van der Waals surface area contributed by atoms with Crippen molar-refractivity contribution in [3.63, 3.8) is 0 Å². The molecule has 0 radical (unpaired) electrons. The Bertz CT molecular complexity index is 808. The van der Waals surface area contributed by atoms with Gasteiger partial charge in [-0.2, -0.15) is 0 Å². The molecule has 0 unspecified atom stereocenters. The van der Waals surface area contributed by atoms with Gasteiger partial charge in [0.25, 0.3) is 5.79 Å². The Morgan fingerprint density at radius 1 is 1.25 bits per heavy atom. The topological polar surface area (TPSA) is 111 Å². The number of benzene rings is 1. The van der Waals surface area contributed by atoms with Gasteiger partial charge in [-0.3, -0.25) is 9.59 Å². The minimum Gasteiger partial charge on any atom is -0.465 e. The zero-order valence-corrected chi connectivity index (χ0v) is 15.2. The quantitative estimate of drug-likeness (QED) is 0.588. The molecule has 1 amide bonds. The summed E-state index contributed by atoms with van der Waals surface area (Å²) in [6.07, 6.45) is -1.72. The van der Waals surface area contributed by atoms with Gasteiger partial charge in [0.05, 0.1) is 18.8 Å². The first kappa shape index (κ1) is 20.0. The van der Waals surface area contributed by atoms with Crippen LogP contribution in [0, 0.1) is 23.5 Å². The minimum atomic E-state index is -1.69. The van der Waals surface area contributed by atoms with E-state index < -0.39 is 52.8 Å². The second-order valence-corrected chi connectivity index (χ2v) is 7.25. The zero-order chi connectivity index (χ0) is 20.7. The third kappa shape index (κ3) is 3.51. The highest BCUT2D eigenvalue weighted by Crippen LogP contribution is 2.42. The average molecular weight is 399 g/mol. The maximum atomic E-state index is 14.5. The summed E-state index contributed by atoms with van der Waals surface area (Å²) in [6.45, 7) is 2.41. The van der Waals surface area contributed by atoms with Gasteiger partial charge < -0.3 is 24.6 Å². The molecular formula is C18H19F2NO7. The molecule has 0 aromatic heterocycles. The number of halogens is 2. The Hall–Kier alpha value is -2.75. The maximum absolute atomic E-state index is 14.5. The van der Waals surface area contributed by atoms with Crippen LogP contribution in [0.3, 0.4) is 0 Å². The molecule has 0 bridgehead atoms. The molecule has 0 spiro atoms. The van der Waals surface area contributed by atoms with Crippen LogP contribution in [0.15, 0.2) is 18.2 Å². The van der Waals surface area contributed by atoms with Crippen molar-refractivity contribution in [2.24, 2.45) is 11.8 Å². The van der Waals surface area contributed by atoms with Gasteiger partial charge in [0.15, 0.2) is 17.6 Å². The minimum absolute atomic E-state index is 0.0866. The van der Waals surface area contributed by atoms with Crippen molar-refractivity contribution in [3.8, 4) is 0 Å². The normalized spacial score (nSPS) is 27.2. The summed E-state index contributed by atoms with van der Waals surface area (Å²) in [6, 6.07) is 3.37. The van der Waals surface area contributed by atoms with Crippen LogP contribution in [-0.2, 0) is 29.3 Å². The highest BCUT2D eigenvalue weighted by atomic mass is 19.2. The van der Waals surface area contributed by atoms with E-state index in [1.165, 1.54) is 26.0 Å². The van der Waals surface area contributed by atoms with Crippen molar-refractivity contribution in [2.45, 2.75) is 31.6 Å². The number of rotatable bonds is 4. The maximum Gasteiger partial charge on any atom is 0.405 e. The fourth-order valence-electron chi connectivity index (χ4n) is 3.65. The molecule has 0 saturated carbocycles. The molecule has 1 aromatic rings. The Kier molecular flexibility index (Phi) is 5.00. The summed E-state index contributed by atoms with van der Waals surface area (Å²) in [4.78, 5) is 35.9. The van der Waals surface area contributed by atoms with E-state index in [1.807, 2.05) is 0 Å². The molecule has 2 saturated heterocycles. The van der Waals surface area contributed by atoms with Crippen LogP contribution in [0.5, 0.6) is 0 Å². The van der Waals surface area contributed by atoms with Gasteiger partial charge in [-0.05, 0) is 12.5 Å². The van der Waals surface area contributed by atoms with E-state index in [1.54, 1.807) is 0 Å². The molecule has 2 aliphatic rings. The number of ether oxygens (including phenoxy) is 3. The first-order valence-corrected chi connectivity index (χ1v) is 8.55. The first-order valence-electron chi connectivity index (χ1n) is 8.55. The fraction of sp³-hybridized carbons (Fsp3) is 0.500. The Balaban J connectivity index is 1.97. The van der Waals surface area contributed by atoms with E-state index in [0.29, 0.717) is 0 Å². The van der Waals surface area contributed by atoms with Crippen LogP contribution in [0.25, 0.3) is 0 Å². The van der Waals surface area contributed by atoms with Gasteiger partial charge in [-0.1, -0.05) is 12.1 Å². The van der Waals surface area contributed by atoms with Crippen LogP contribution < -0.4 is 5.32 Å². The van der Waals surface area contributed by atoms with E-state index in [0.717, 1.165) is 6.07 Å². The van der Waals surface area contributed by atoms with E-state index >= 15 is 0 Å². The molecular weight excluding hydrogens is 380 g/mol. The Labute approximate surface area is 158 Å². The van der Waals surface area contributed by atoms with Crippen molar-refractivity contribution >= 4 is 18.0 Å². The Morgan fingerprint density at radius 3 is 2.50 bits per heavy atom. The summed E-state index contributed by atoms with van der Waals surface area (Å²) < 4.78 is 43.8. The van der Waals surface area contributed by atoms with Crippen molar-refractivity contribution in [3.05, 3.63) is 35.4 Å². The largest absolute Gasteiger partial charge is 0.465 e. The molecule has 2 N–H and O–H groups in total. The predicted molar refractivity (Wildman–Crippen MR) is 87.9 cm³/mol. The van der Waals surface area contributed by atoms with Crippen LogP contribution in [0.1, 0.15) is 25.8 Å². The van der Waals surface area contributed by atoms with Crippen molar-refractivity contribution in [1.29, 1.82) is 0 Å². The van der Waals surface area contributed by atoms with Gasteiger partial charge in [0.2, 0.25) is 0 Å². The van der Waals surface area contributed by atoms with Gasteiger partial charge in [0, 0.05) is 25.3 Å². The van der Waals surface area contributed by atoms with E-state index in [2.05, 4.69) is 5.32 Å². The number of carbonyl (C=O) groups excluding carboxylic acids is 2. The molecule has 3 rings (SSSR count). The summed E-state index contributed by atoms with van der Waals surface area (Å²) in [7, 11) is 0. The van der Waals surface area contributed by atoms with Gasteiger partial charge in [-0.15, -0.1) is 0 Å². The number of nitrogens with one attached hydrogen (secondary N) is 1. The van der Waals surface area contributed by atoms with Crippen LogP contribution in [-0.4, -0.2) is 42.1 Å². The van der Waals surface area contributed by atoms with Crippen molar-refractivity contribution in [1.82, 2.24) is 5.32 Å². The van der Waals surface area contributed by atoms with Crippen molar-refractivity contribution in [2.75, 3.05) is 13.2 Å². The third-order valence-electron chi connectivity index (χ3n) is 4.89. The lowest BCUT2D eigenvalue weighted by Gasteiger charge is -2.38. The molecule has 8 nitrogen and oxygen atoms in total. The molecule has 152 valence electrons. The van der Waals surface area contributed by atoms with Gasteiger partial charge in [0.1, 0.15) is 0 Å². The second-order valence-electron chi connectivity index (χ2n) is 7.25. The summed E-state index contributed by atoms with van der Waals surface area (Å²) in [5.74, 6) is -7.68. The standard InChI is InChI=1S/C18H19F2NO7/c1-17(2)27-14(22)10(15(23)28-17)6-9-7-26-8-18(9,21-16(24)25)11-4-3-5-12(19)13(11)20/h3-5,9-10,21H,6-8H2,1-2H3,(H,24,25)/t9-,18+/m1/s1.